The van der Waals surface area contributed by atoms with Crippen LogP contribution in [0.1, 0.15) is 16.1 Å². The molecule has 0 aliphatic rings. The van der Waals surface area contributed by atoms with Crippen molar-refractivity contribution in [2.75, 3.05) is 19.8 Å². The third kappa shape index (κ3) is 5.08. The van der Waals surface area contributed by atoms with E-state index in [0.717, 1.165) is 23.4 Å². The van der Waals surface area contributed by atoms with Crippen molar-refractivity contribution in [3.8, 4) is 5.75 Å². The number of hydrogen-bond acceptors (Lipinski definition) is 5. The smallest absolute Gasteiger partial charge is 0.119 e. The summed E-state index contributed by atoms with van der Waals surface area (Å²) in [6.07, 6.45) is 0.902. The summed E-state index contributed by atoms with van der Waals surface area (Å²) in [5.74, 6) is 0.789. The fourth-order valence-corrected chi connectivity index (χ4v) is 2.67. The maximum absolute atomic E-state index is 5.58. The van der Waals surface area contributed by atoms with Crippen LogP contribution in [0.15, 0.2) is 29.8 Å². The van der Waals surface area contributed by atoms with Gasteiger partial charge in [-0.05, 0) is 31.2 Å². The predicted octanol–water partition coefficient (Wildman–Crippen LogP) is 2.72. The fraction of sp³-hybridized carbons (Fsp3) is 0.333. The number of rotatable bonds is 8. The molecule has 0 unspecified atom stereocenters. The Morgan fingerprint density at radius 2 is 2.00 bits per heavy atom. The van der Waals surface area contributed by atoms with Crippen LogP contribution < -0.4 is 10.5 Å². The van der Waals surface area contributed by atoms with Crippen LogP contribution in [-0.4, -0.2) is 29.8 Å². The van der Waals surface area contributed by atoms with Crippen molar-refractivity contribution in [3.05, 3.63) is 45.9 Å². The number of thiazole rings is 1. The van der Waals surface area contributed by atoms with Crippen molar-refractivity contribution >= 4 is 28.5 Å². The highest BCUT2D eigenvalue weighted by Crippen LogP contribution is 2.13. The molecule has 1 heterocycles. The van der Waals surface area contributed by atoms with E-state index in [1.807, 2.05) is 36.7 Å². The Hall–Kier alpha value is -1.50. The third-order valence-electron chi connectivity index (χ3n) is 2.95. The van der Waals surface area contributed by atoms with Gasteiger partial charge in [0.25, 0.3) is 0 Å². The van der Waals surface area contributed by atoms with Crippen molar-refractivity contribution in [1.82, 2.24) is 4.98 Å². The molecule has 0 radical (unpaired) electrons. The molecule has 0 saturated heterocycles. The lowest BCUT2D eigenvalue weighted by Crippen LogP contribution is -2.10. The second kappa shape index (κ2) is 8.07. The second-order valence-electron chi connectivity index (χ2n) is 4.46. The summed E-state index contributed by atoms with van der Waals surface area (Å²) in [5, 5.41) is 0. The zero-order chi connectivity index (χ0) is 15.1. The summed E-state index contributed by atoms with van der Waals surface area (Å²) in [6.45, 7) is 3.79. The maximum Gasteiger partial charge on any atom is 0.119 e. The summed E-state index contributed by atoms with van der Waals surface area (Å²) in [6, 6.07) is 7.42. The summed E-state index contributed by atoms with van der Waals surface area (Å²) in [7, 11) is 0. The molecule has 2 N–H and O–H groups in total. The summed E-state index contributed by atoms with van der Waals surface area (Å²) >= 11 is 6.57. The molecule has 6 heteroatoms. The van der Waals surface area contributed by atoms with Crippen LogP contribution in [0.3, 0.4) is 0 Å². The van der Waals surface area contributed by atoms with Crippen LogP contribution in [0, 0.1) is 6.92 Å². The number of ether oxygens (including phenoxy) is 2. The Morgan fingerprint density at radius 3 is 2.62 bits per heavy atom. The average Bonchev–Trinajstić information content (AvgIpc) is 2.88. The van der Waals surface area contributed by atoms with Crippen LogP contribution in [0.5, 0.6) is 5.75 Å². The molecule has 2 aromatic rings. The quantitative estimate of drug-likeness (QED) is 0.598. The van der Waals surface area contributed by atoms with E-state index in [9.17, 15) is 0 Å². The highest BCUT2D eigenvalue weighted by atomic mass is 32.1. The largest absolute Gasteiger partial charge is 0.491 e. The van der Waals surface area contributed by atoms with E-state index in [0.29, 0.717) is 24.8 Å². The number of aromatic nitrogens is 1. The Labute approximate surface area is 133 Å². The van der Waals surface area contributed by atoms with Gasteiger partial charge in [-0.2, -0.15) is 0 Å². The first kappa shape index (κ1) is 15.9. The van der Waals surface area contributed by atoms with E-state index >= 15 is 0 Å². The summed E-state index contributed by atoms with van der Waals surface area (Å²) < 4.78 is 11.1. The van der Waals surface area contributed by atoms with Crippen LogP contribution in [0.25, 0.3) is 0 Å². The molecule has 0 aliphatic carbocycles. The van der Waals surface area contributed by atoms with E-state index in [1.54, 1.807) is 11.3 Å². The van der Waals surface area contributed by atoms with Crippen molar-refractivity contribution in [2.45, 2.75) is 13.3 Å². The van der Waals surface area contributed by atoms with E-state index < -0.39 is 0 Å². The molecule has 0 spiro atoms. The zero-order valence-corrected chi connectivity index (χ0v) is 13.5. The minimum Gasteiger partial charge on any atom is -0.491 e. The van der Waals surface area contributed by atoms with Crippen LogP contribution in [0.4, 0.5) is 0 Å². The van der Waals surface area contributed by atoms with Crippen LogP contribution >= 0.6 is 23.6 Å². The van der Waals surface area contributed by atoms with Gasteiger partial charge in [-0.25, -0.2) is 4.98 Å². The zero-order valence-electron chi connectivity index (χ0n) is 11.9. The predicted molar refractivity (Wildman–Crippen MR) is 89.2 cm³/mol. The molecule has 1 aromatic heterocycles. The molecule has 0 saturated carbocycles. The highest BCUT2D eigenvalue weighted by Gasteiger charge is 2.01. The molecule has 4 nitrogen and oxygen atoms in total. The van der Waals surface area contributed by atoms with Gasteiger partial charge in [0.1, 0.15) is 17.3 Å². The van der Waals surface area contributed by atoms with Crippen LogP contribution in [0.2, 0.25) is 0 Å². The molecule has 0 atom stereocenters. The average molecular weight is 322 g/mol. The van der Waals surface area contributed by atoms with Crippen LogP contribution in [-0.2, 0) is 11.2 Å². The van der Waals surface area contributed by atoms with E-state index in [1.165, 1.54) is 4.88 Å². The molecule has 21 heavy (non-hydrogen) atoms. The third-order valence-corrected chi connectivity index (χ3v) is 4.18. The first-order chi connectivity index (χ1) is 10.2. The number of nitrogens with zero attached hydrogens (tertiary/aromatic N) is 1. The summed E-state index contributed by atoms with van der Waals surface area (Å²) in [4.78, 5) is 5.88. The van der Waals surface area contributed by atoms with Gasteiger partial charge in [0.05, 0.1) is 24.4 Å². The van der Waals surface area contributed by atoms with E-state index in [2.05, 4.69) is 4.98 Å². The molecule has 0 fully saturated rings. The molecule has 0 amide bonds. The van der Waals surface area contributed by atoms with Crippen molar-refractivity contribution < 1.29 is 9.47 Å². The number of aryl methyl sites for hydroxylation is 1. The van der Waals surface area contributed by atoms with Gasteiger partial charge < -0.3 is 15.2 Å². The topological polar surface area (TPSA) is 57.4 Å². The molecule has 0 aliphatic heterocycles. The lowest BCUT2D eigenvalue weighted by atomic mass is 10.2. The Kier molecular flexibility index (Phi) is 6.10. The Bertz CT molecular complexity index is 582. The first-order valence-corrected chi connectivity index (χ1v) is 7.95. The van der Waals surface area contributed by atoms with Gasteiger partial charge in [-0.1, -0.05) is 12.2 Å². The number of benzene rings is 1. The molecule has 2 rings (SSSR count). The Balaban J connectivity index is 1.61. The molecular weight excluding hydrogens is 304 g/mol. The van der Waals surface area contributed by atoms with Gasteiger partial charge in [0.2, 0.25) is 0 Å². The van der Waals surface area contributed by atoms with E-state index in [4.69, 9.17) is 27.4 Å². The van der Waals surface area contributed by atoms with E-state index in [-0.39, 0.29) is 0 Å². The number of hydrogen-bond donors (Lipinski definition) is 1. The van der Waals surface area contributed by atoms with Gasteiger partial charge in [0, 0.05) is 16.9 Å². The van der Waals surface area contributed by atoms with Gasteiger partial charge >= 0.3 is 0 Å². The van der Waals surface area contributed by atoms with Crippen molar-refractivity contribution in [1.29, 1.82) is 0 Å². The minimum atomic E-state index is 0.392. The summed E-state index contributed by atoms with van der Waals surface area (Å²) in [5.41, 5.74) is 9.34. The second-order valence-corrected chi connectivity index (χ2v) is 5.84. The fourth-order valence-electron chi connectivity index (χ4n) is 1.77. The number of nitrogens with two attached hydrogens (primary N) is 1. The highest BCUT2D eigenvalue weighted by molar-refractivity contribution is 7.80. The lowest BCUT2D eigenvalue weighted by Gasteiger charge is -2.07. The van der Waals surface area contributed by atoms with Gasteiger partial charge in [-0.15, -0.1) is 11.3 Å². The first-order valence-electron chi connectivity index (χ1n) is 6.66. The van der Waals surface area contributed by atoms with Gasteiger partial charge in [-0.3, -0.25) is 0 Å². The molecule has 0 bridgehead atoms. The molecule has 1 aromatic carbocycles. The standard InChI is InChI=1S/C15H18N2O2S2/c1-11-14(21-10-17-11)6-7-18-8-9-19-13-4-2-12(3-5-13)15(16)20/h2-5,10H,6-9H2,1H3,(H2,16,20). The molecule has 112 valence electrons. The maximum atomic E-state index is 5.58. The van der Waals surface area contributed by atoms with Crippen molar-refractivity contribution in [3.63, 3.8) is 0 Å². The SMILES string of the molecule is Cc1ncsc1CCOCCOc1ccc(C(N)=S)cc1. The monoisotopic (exact) mass is 322 g/mol. The van der Waals surface area contributed by atoms with Crippen molar-refractivity contribution in [2.24, 2.45) is 5.73 Å². The minimum absolute atomic E-state index is 0.392. The lowest BCUT2D eigenvalue weighted by molar-refractivity contribution is 0.103. The van der Waals surface area contributed by atoms with Gasteiger partial charge in [0.15, 0.2) is 0 Å². The Morgan fingerprint density at radius 1 is 1.24 bits per heavy atom. The normalized spacial score (nSPS) is 10.5. The molecular formula is C15H18N2O2S2. The number of thiocarbonyl (C=S) groups is 1.